The molecule has 0 radical (unpaired) electrons. The Balaban J connectivity index is 2.58. The maximum Gasteiger partial charge on any atom is 0.337 e. The van der Waals surface area contributed by atoms with Gasteiger partial charge in [0.15, 0.2) is 0 Å². The Bertz CT molecular complexity index is 682. The molecule has 0 aliphatic carbocycles. The molecule has 0 atom stereocenters. The van der Waals surface area contributed by atoms with Gasteiger partial charge in [0, 0.05) is 35.2 Å². The average Bonchev–Trinajstić information content (AvgIpc) is 2.69. The zero-order valence-electron chi connectivity index (χ0n) is 13.9. The Hall–Kier alpha value is -2.07. The van der Waals surface area contributed by atoms with E-state index in [1.165, 1.54) is 5.56 Å². The van der Waals surface area contributed by atoms with Crippen LogP contribution >= 0.6 is 0 Å². The number of hydrogen-bond acceptors (Lipinski definition) is 2. The maximum atomic E-state index is 11.7. The second-order valence-electron chi connectivity index (χ2n) is 6.04. The van der Waals surface area contributed by atoms with Crippen molar-refractivity contribution in [3.63, 3.8) is 0 Å². The predicted octanol–water partition coefficient (Wildman–Crippen LogP) is 3.60. The highest BCUT2D eigenvalue weighted by atomic mass is 16.4. The summed E-state index contributed by atoms with van der Waals surface area (Å²) >= 11 is 0. The third-order valence-electron chi connectivity index (χ3n) is 3.96. The number of aromatic nitrogens is 1. The molecule has 2 N–H and O–H groups in total. The normalized spacial score (nSPS) is 11.2. The summed E-state index contributed by atoms with van der Waals surface area (Å²) in [4.78, 5) is 11.7. The minimum absolute atomic E-state index is 0.309. The van der Waals surface area contributed by atoms with Crippen molar-refractivity contribution in [2.24, 2.45) is 0 Å². The third-order valence-corrected chi connectivity index (χ3v) is 3.96. The lowest BCUT2D eigenvalue weighted by Gasteiger charge is -2.11. The molecular formula is C18H24N2O2. The van der Waals surface area contributed by atoms with Crippen LogP contribution in [0.25, 0.3) is 5.69 Å². The van der Waals surface area contributed by atoms with Crippen LogP contribution in [-0.2, 0) is 6.54 Å². The van der Waals surface area contributed by atoms with Gasteiger partial charge in [-0.1, -0.05) is 31.5 Å². The van der Waals surface area contributed by atoms with Gasteiger partial charge >= 0.3 is 5.97 Å². The number of aromatic carboxylic acids is 1. The SMILES string of the molecule is Cc1ccc(-n2c(C)c(CNC(C)C)c(C(=O)O)c2C)cc1. The van der Waals surface area contributed by atoms with E-state index in [-0.39, 0.29) is 0 Å². The molecule has 2 rings (SSSR count). The number of aryl methyl sites for hydroxylation is 1. The van der Waals surface area contributed by atoms with Crippen LogP contribution < -0.4 is 5.32 Å². The molecule has 22 heavy (non-hydrogen) atoms. The van der Waals surface area contributed by atoms with E-state index < -0.39 is 5.97 Å². The summed E-state index contributed by atoms with van der Waals surface area (Å²) in [7, 11) is 0. The van der Waals surface area contributed by atoms with E-state index in [4.69, 9.17) is 0 Å². The minimum Gasteiger partial charge on any atom is -0.478 e. The van der Waals surface area contributed by atoms with E-state index in [0.29, 0.717) is 18.2 Å². The van der Waals surface area contributed by atoms with Gasteiger partial charge < -0.3 is 15.0 Å². The van der Waals surface area contributed by atoms with Crippen molar-refractivity contribution in [2.75, 3.05) is 0 Å². The lowest BCUT2D eigenvalue weighted by Crippen LogP contribution is -2.23. The lowest BCUT2D eigenvalue weighted by molar-refractivity contribution is 0.0694. The van der Waals surface area contributed by atoms with Crippen LogP contribution in [0.1, 0.15) is 46.7 Å². The molecule has 2 aromatic rings. The molecule has 1 aromatic heterocycles. The molecule has 118 valence electrons. The summed E-state index contributed by atoms with van der Waals surface area (Å²) in [5.74, 6) is -0.869. The molecule has 0 saturated heterocycles. The number of carboxylic acid groups (broad SMARTS) is 1. The number of rotatable bonds is 5. The van der Waals surface area contributed by atoms with E-state index in [2.05, 4.69) is 19.2 Å². The number of carboxylic acids is 1. The predicted molar refractivity (Wildman–Crippen MR) is 88.9 cm³/mol. The molecule has 1 heterocycles. The molecule has 0 aliphatic rings. The zero-order chi connectivity index (χ0) is 16.4. The van der Waals surface area contributed by atoms with Crippen LogP contribution in [0.2, 0.25) is 0 Å². The maximum absolute atomic E-state index is 11.7. The molecule has 0 unspecified atom stereocenters. The average molecular weight is 300 g/mol. The van der Waals surface area contributed by atoms with E-state index in [9.17, 15) is 9.90 Å². The van der Waals surface area contributed by atoms with Gasteiger partial charge in [-0.15, -0.1) is 0 Å². The van der Waals surface area contributed by atoms with Crippen molar-refractivity contribution >= 4 is 5.97 Å². The minimum atomic E-state index is -0.869. The second-order valence-corrected chi connectivity index (χ2v) is 6.04. The molecule has 1 aromatic carbocycles. The second kappa shape index (κ2) is 6.36. The number of benzene rings is 1. The summed E-state index contributed by atoms with van der Waals surface area (Å²) in [6.07, 6.45) is 0. The fraction of sp³-hybridized carbons (Fsp3) is 0.389. The van der Waals surface area contributed by atoms with Gasteiger partial charge in [-0.2, -0.15) is 0 Å². The summed E-state index contributed by atoms with van der Waals surface area (Å²) < 4.78 is 2.03. The number of nitrogens with one attached hydrogen (secondary N) is 1. The molecule has 0 fully saturated rings. The Morgan fingerprint density at radius 3 is 2.23 bits per heavy atom. The van der Waals surface area contributed by atoms with Crippen LogP contribution in [0.15, 0.2) is 24.3 Å². The highest BCUT2D eigenvalue weighted by Crippen LogP contribution is 2.26. The summed E-state index contributed by atoms with van der Waals surface area (Å²) in [6.45, 7) is 10.6. The topological polar surface area (TPSA) is 54.3 Å². The quantitative estimate of drug-likeness (QED) is 0.887. The Morgan fingerprint density at radius 2 is 1.73 bits per heavy atom. The smallest absolute Gasteiger partial charge is 0.337 e. The third kappa shape index (κ3) is 3.07. The van der Waals surface area contributed by atoms with Crippen molar-refractivity contribution in [1.29, 1.82) is 0 Å². The molecular weight excluding hydrogens is 276 g/mol. The van der Waals surface area contributed by atoms with Crippen LogP contribution in [0.5, 0.6) is 0 Å². The van der Waals surface area contributed by atoms with Crippen molar-refractivity contribution in [3.05, 3.63) is 52.3 Å². The van der Waals surface area contributed by atoms with Crippen LogP contribution in [0.3, 0.4) is 0 Å². The first-order chi connectivity index (χ1) is 10.3. The first-order valence-corrected chi connectivity index (χ1v) is 7.57. The van der Waals surface area contributed by atoms with Gasteiger partial charge in [0.25, 0.3) is 0 Å². The van der Waals surface area contributed by atoms with Crippen molar-refractivity contribution in [2.45, 2.75) is 47.2 Å². The van der Waals surface area contributed by atoms with Gasteiger partial charge in [0.2, 0.25) is 0 Å². The Labute approximate surface area is 131 Å². The molecule has 0 saturated carbocycles. The molecule has 0 amide bonds. The van der Waals surface area contributed by atoms with E-state index in [0.717, 1.165) is 22.6 Å². The molecule has 0 aliphatic heterocycles. The highest BCUT2D eigenvalue weighted by Gasteiger charge is 2.23. The Kier molecular flexibility index (Phi) is 4.71. The van der Waals surface area contributed by atoms with Gasteiger partial charge in [-0.25, -0.2) is 4.79 Å². The standard InChI is InChI=1S/C18H24N2O2/c1-11(2)19-10-16-13(4)20(14(5)17(16)18(21)22)15-8-6-12(3)7-9-15/h6-9,11,19H,10H2,1-5H3,(H,21,22). The number of carbonyl (C=O) groups is 1. The van der Waals surface area contributed by atoms with Crippen molar-refractivity contribution < 1.29 is 9.90 Å². The van der Waals surface area contributed by atoms with E-state index in [1.807, 2.05) is 49.6 Å². The van der Waals surface area contributed by atoms with Crippen LogP contribution in [0.4, 0.5) is 0 Å². The molecule has 0 bridgehead atoms. The zero-order valence-corrected chi connectivity index (χ0v) is 13.9. The highest BCUT2D eigenvalue weighted by molar-refractivity contribution is 5.91. The number of hydrogen-bond donors (Lipinski definition) is 2. The fourth-order valence-corrected chi connectivity index (χ4v) is 2.79. The van der Waals surface area contributed by atoms with E-state index in [1.54, 1.807) is 0 Å². The van der Waals surface area contributed by atoms with Crippen LogP contribution in [-0.4, -0.2) is 21.7 Å². The summed E-state index contributed by atoms with van der Waals surface area (Å²) in [6, 6.07) is 8.45. The van der Waals surface area contributed by atoms with Crippen molar-refractivity contribution in [1.82, 2.24) is 9.88 Å². The molecule has 4 heteroatoms. The van der Waals surface area contributed by atoms with E-state index >= 15 is 0 Å². The Morgan fingerprint density at radius 1 is 1.14 bits per heavy atom. The first kappa shape index (κ1) is 16.3. The fourth-order valence-electron chi connectivity index (χ4n) is 2.79. The van der Waals surface area contributed by atoms with Crippen molar-refractivity contribution in [3.8, 4) is 5.69 Å². The number of nitrogens with zero attached hydrogens (tertiary/aromatic N) is 1. The van der Waals surface area contributed by atoms with Gasteiger partial charge in [-0.05, 0) is 32.9 Å². The monoisotopic (exact) mass is 300 g/mol. The summed E-state index contributed by atoms with van der Waals surface area (Å²) in [5, 5.41) is 12.9. The largest absolute Gasteiger partial charge is 0.478 e. The lowest BCUT2D eigenvalue weighted by atomic mass is 10.1. The molecule has 4 nitrogen and oxygen atoms in total. The van der Waals surface area contributed by atoms with Gasteiger partial charge in [-0.3, -0.25) is 0 Å². The van der Waals surface area contributed by atoms with Crippen LogP contribution in [0, 0.1) is 20.8 Å². The first-order valence-electron chi connectivity index (χ1n) is 7.57. The van der Waals surface area contributed by atoms with Gasteiger partial charge in [0.1, 0.15) is 0 Å². The molecule has 0 spiro atoms. The van der Waals surface area contributed by atoms with Gasteiger partial charge in [0.05, 0.1) is 5.56 Å². The summed E-state index contributed by atoms with van der Waals surface area (Å²) in [5.41, 5.74) is 5.21.